The van der Waals surface area contributed by atoms with Crippen LogP contribution >= 0.6 is 0 Å². The van der Waals surface area contributed by atoms with Crippen LogP contribution in [0.15, 0.2) is 83.8 Å². The number of carboxylic acids is 2. The Morgan fingerprint density at radius 2 is 1.33 bits per heavy atom. The van der Waals surface area contributed by atoms with E-state index in [1.54, 1.807) is 54.6 Å². The lowest BCUT2D eigenvalue weighted by Crippen LogP contribution is -2.42. The molecule has 30 heavy (non-hydrogen) atoms. The molecule has 0 aromatic heterocycles. The molecule has 0 bridgehead atoms. The molecule has 0 amide bonds. The largest absolute Gasteiger partial charge is 0.480 e. The van der Waals surface area contributed by atoms with Crippen molar-refractivity contribution in [2.75, 3.05) is 0 Å². The van der Waals surface area contributed by atoms with E-state index in [0.29, 0.717) is 11.1 Å². The SMILES string of the molecule is O=C(O)c1ccc(-c2ccc(S(=O)(=O)NC(Cc3ccccc3)C(=O)O)cc2)cc1. The number of aromatic carboxylic acids is 1. The molecule has 1 atom stereocenters. The summed E-state index contributed by atoms with van der Waals surface area (Å²) in [7, 11) is -4.05. The lowest BCUT2D eigenvalue weighted by molar-refractivity contribution is -0.138. The smallest absolute Gasteiger partial charge is 0.335 e. The Labute approximate surface area is 173 Å². The van der Waals surface area contributed by atoms with Crippen molar-refractivity contribution in [3.8, 4) is 11.1 Å². The van der Waals surface area contributed by atoms with Crippen LogP contribution < -0.4 is 4.72 Å². The zero-order valence-electron chi connectivity index (χ0n) is 15.7. The summed E-state index contributed by atoms with van der Waals surface area (Å²) < 4.78 is 27.6. The first kappa shape index (κ1) is 21.2. The molecule has 0 aliphatic carbocycles. The summed E-state index contributed by atoms with van der Waals surface area (Å²) in [5.41, 5.74) is 2.28. The third kappa shape index (κ3) is 5.11. The minimum absolute atomic E-state index is 0.0173. The second-order valence-corrected chi connectivity index (χ2v) is 8.32. The molecule has 154 valence electrons. The highest BCUT2D eigenvalue weighted by molar-refractivity contribution is 7.89. The van der Waals surface area contributed by atoms with Gasteiger partial charge in [-0.2, -0.15) is 4.72 Å². The predicted octanol–water partition coefficient (Wildman–Crippen LogP) is 3.03. The number of aliphatic carboxylic acids is 1. The van der Waals surface area contributed by atoms with Gasteiger partial charge < -0.3 is 10.2 Å². The van der Waals surface area contributed by atoms with Crippen molar-refractivity contribution in [1.29, 1.82) is 0 Å². The zero-order chi connectivity index (χ0) is 21.7. The van der Waals surface area contributed by atoms with Crippen LogP contribution in [0, 0.1) is 0 Å². The Balaban J connectivity index is 1.78. The van der Waals surface area contributed by atoms with Crippen LogP contribution in [0.5, 0.6) is 0 Å². The third-order valence-electron chi connectivity index (χ3n) is 4.51. The predicted molar refractivity (Wildman–Crippen MR) is 111 cm³/mol. The van der Waals surface area contributed by atoms with Crippen molar-refractivity contribution >= 4 is 22.0 Å². The molecule has 3 aromatic rings. The Morgan fingerprint density at radius 3 is 1.83 bits per heavy atom. The maximum absolute atomic E-state index is 12.7. The van der Waals surface area contributed by atoms with Gasteiger partial charge in [-0.1, -0.05) is 54.6 Å². The number of hydrogen-bond donors (Lipinski definition) is 3. The van der Waals surface area contributed by atoms with E-state index in [-0.39, 0.29) is 16.9 Å². The molecule has 7 nitrogen and oxygen atoms in total. The second-order valence-electron chi connectivity index (χ2n) is 6.61. The van der Waals surface area contributed by atoms with Crippen LogP contribution in [0.4, 0.5) is 0 Å². The van der Waals surface area contributed by atoms with Crippen LogP contribution in [-0.4, -0.2) is 36.6 Å². The lowest BCUT2D eigenvalue weighted by Gasteiger charge is -2.15. The monoisotopic (exact) mass is 425 g/mol. The second kappa shape index (κ2) is 8.89. The zero-order valence-corrected chi connectivity index (χ0v) is 16.5. The van der Waals surface area contributed by atoms with Gasteiger partial charge in [0, 0.05) is 0 Å². The molecule has 3 N–H and O–H groups in total. The summed E-state index contributed by atoms with van der Waals surface area (Å²) in [6.45, 7) is 0. The van der Waals surface area contributed by atoms with Gasteiger partial charge in [-0.25, -0.2) is 13.2 Å². The van der Waals surface area contributed by atoms with Crippen molar-refractivity contribution < 1.29 is 28.2 Å². The van der Waals surface area contributed by atoms with Crippen molar-refractivity contribution in [3.05, 3.63) is 90.0 Å². The quantitative estimate of drug-likeness (QED) is 0.510. The standard InChI is InChI=1S/C22H19NO6S/c24-21(25)18-8-6-16(7-9-18)17-10-12-19(13-11-17)30(28,29)23-20(22(26)27)14-15-4-2-1-3-5-15/h1-13,20,23H,14H2,(H,24,25)(H,26,27). The minimum atomic E-state index is -4.05. The molecule has 0 aliphatic heterocycles. The van der Waals surface area contributed by atoms with Crippen LogP contribution in [0.3, 0.4) is 0 Å². The number of carbonyl (C=O) groups is 2. The fourth-order valence-corrected chi connectivity index (χ4v) is 4.11. The summed E-state index contributed by atoms with van der Waals surface area (Å²) >= 11 is 0. The highest BCUT2D eigenvalue weighted by atomic mass is 32.2. The van der Waals surface area contributed by atoms with Crippen LogP contribution in [-0.2, 0) is 21.2 Å². The maximum atomic E-state index is 12.7. The number of hydrogen-bond acceptors (Lipinski definition) is 4. The summed E-state index contributed by atoms with van der Waals surface area (Å²) in [5.74, 6) is -2.30. The van der Waals surface area contributed by atoms with Gasteiger partial charge in [0.15, 0.2) is 0 Å². The molecule has 1 unspecified atom stereocenters. The minimum Gasteiger partial charge on any atom is -0.480 e. The summed E-state index contributed by atoms with van der Waals surface area (Å²) in [5, 5.41) is 18.4. The van der Waals surface area contributed by atoms with Crippen molar-refractivity contribution in [2.45, 2.75) is 17.4 Å². The number of rotatable bonds is 8. The van der Waals surface area contributed by atoms with E-state index >= 15 is 0 Å². The third-order valence-corrected chi connectivity index (χ3v) is 6.00. The van der Waals surface area contributed by atoms with Gasteiger partial charge in [0.1, 0.15) is 6.04 Å². The fraction of sp³-hybridized carbons (Fsp3) is 0.0909. The van der Waals surface area contributed by atoms with Crippen molar-refractivity contribution in [3.63, 3.8) is 0 Å². The molecule has 0 radical (unpaired) electrons. The van der Waals surface area contributed by atoms with E-state index < -0.39 is 28.0 Å². The number of nitrogens with one attached hydrogen (secondary N) is 1. The molecule has 8 heteroatoms. The average Bonchev–Trinajstić information content (AvgIpc) is 2.74. The Morgan fingerprint density at radius 1 is 0.800 bits per heavy atom. The van der Waals surface area contributed by atoms with E-state index in [0.717, 1.165) is 5.56 Å². The van der Waals surface area contributed by atoms with Crippen LogP contribution in [0.25, 0.3) is 11.1 Å². The molecule has 0 spiro atoms. The lowest BCUT2D eigenvalue weighted by atomic mass is 10.0. The summed E-state index contributed by atoms with van der Waals surface area (Å²) in [4.78, 5) is 22.4. The van der Waals surface area contributed by atoms with E-state index in [9.17, 15) is 23.1 Å². The number of carboxylic acid groups (broad SMARTS) is 2. The van der Waals surface area contributed by atoms with Gasteiger partial charge in [0.2, 0.25) is 10.0 Å². The summed E-state index contributed by atoms with van der Waals surface area (Å²) in [6, 6.07) is 19.6. The first-order chi connectivity index (χ1) is 14.3. The van der Waals surface area contributed by atoms with Gasteiger partial charge in [-0.05, 0) is 47.4 Å². The van der Waals surface area contributed by atoms with Crippen molar-refractivity contribution in [2.24, 2.45) is 0 Å². The normalized spacial score (nSPS) is 12.3. The van der Waals surface area contributed by atoms with Crippen LogP contribution in [0.2, 0.25) is 0 Å². The highest BCUT2D eigenvalue weighted by Gasteiger charge is 2.25. The van der Waals surface area contributed by atoms with Gasteiger partial charge in [-0.15, -0.1) is 0 Å². The highest BCUT2D eigenvalue weighted by Crippen LogP contribution is 2.22. The molecule has 0 saturated heterocycles. The fourth-order valence-electron chi connectivity index (χ4n) is 2.92. The summed E-state index contributed by atoms with van der Waals surface area (Å²) in [6.07, 6.45) is 0.0173. The molecule has 3 aromatic carbocycles. The van der Waals surface area contributed by atoms with E-state index in [1.807, 2.05) is 0 Å². The maximum Gasteiger partial charge on any atom is 0.335 e. The first-order valence-corrected chi connectivity index (χ1v) is 10.5. The molecular formula is C22H19NO6S. The van der Waals surface area contributed by atoms with Crippen molar-refractivity contribution in [1.82, 2.24) is 4.72 Å². The van der Waals surface area contributed by atoms with Crippen LogP contribution in [0.1, 0.15) is 15.9 Å². The van der Waals surface area contributed by atoms with Gasteiger partial charge in [0.05, 0.1) is 10.5 Å². The molecular weight excluding hydrogens is 406 g/mol. The first-order valence-electron chi connectivity index (χ1n) is 8.99. The molecule has 0 fully saturated rings. The molecule has 0 heterocycles. The number of sulfonamides is 1. The Hall–Kier alpha value is -3.49. The molecule has 3 rings (SSSR count). The van der Waals surface area contributed by atoms with E-state index in [2.05, 4.69) is 4.72 Å². The molecule has 0 saturated carbocycles. The van der Waals surface area contributed by atoms with Gasteiger partial charge in [0.25, 0.3) is 0 Å². The molecule has 0 aliphatic rings. The van der Waals surface area contributed by atoms with E-state index in [4.69, 9.17) is 5.11 Å². The Bertz CT molecular complexity index is 1140. The Kier molecular flexibility index (Phi) is 6.29. The number of benzene rings is 3. The van der Waals surface area contributed by atoms with Gasteiger partial charge >= 0.3 is 11.9 Å². The average molecular weight is 425 g/mol. The topological polar surface area (TPSA) is 121 Å². The van der Waals surface area contributed by atoms with E-state index in [1.165, 1.54) is 24.3 Å². The van der Waals surface area contributed by atoms with Gasteiger partial charge in [-0.3, -0.25) is 4.79 Å².